The summed E-state index contributed by atoms with van der Waals surface area (Å²) in [6, 6.07) is 14.4. The smallest absolute Gasteiger partial charge is 0.348 e. The van der Waals surface area contributed by atoms with Gasteiger partial charge in [0, 0.05) is 27.3 Å². The predicted molar refractivity (Wildman–Crippen MR) is 107 cm³/mol. The fourth-order valence-corrected chi connectivity index (χ4v) is 4.58. The third kappa shape index (κ3) is 3.19. The average Bonchev–Trinajstić information content (AvgIpc) is 3.33. The van der Waals surface area contributed by atoms with Crippen molar-refractivity contribution < 1.29 is 23.9 Å². The number of fused-ring (bicyclic) bond motifs is 4. The Morgan fingerprint density at radius 3 is 2.86 bits per heavy atom. The van der Waals surface area contributed by atoms with Gasteiger partial charge in [0.15, 0.2) is 12.4 Å². The van der Waals surface area contributed by atoms with Gasteiger partial charge in [-0.05, 0) is 42.0 Å². The van der Waals surface area contributed by atoms with E-state index in [9.17, 15) is 14.4 Å². The van der Waals surface area contributed by atoms with Crippen molar-refractivity contribution in [2.75, 3.05) is 11.9 Å². The Balaban J connectivity index is 1.29. The maximum Gasteiger partial charge on any atom is 0.348 e. The zero-order valence-corrected chi connectivity index (χ0v) is 16.0. The lowest BCUT2D eigenvalue weighted by Crippen LogP contribution is -2.13. The molecule has 1 aromatic heterocycles. The maximum atomic E-state index is 12.5. The van der Waals surface area contributed by atoms with Crippen LogP contribution in [0.5, 0.6) is 5.75 Å². The highest BCUT2D eigenvalue weighted by Gasteiger charge is 2.24. The van der Waals surface area contributed by atoms with Crippen LogP contribution in [0.3, 0.4) is 0 Å². The Bertz CT molecular complexity index is 1180. The second-order valence-electron chi connectivity index (χ2n) is 6.85. The quantitative estimate of drug-likeness (QED) is 0.527. The summed E-state index contributed by atoms with van der Waals surface area (Å²) in [7, 11) is 0. The van der Waals surface area contributed by atoms with E-state index in [1.54, 1.807) is 24.3 Å². The summed E-state index contributed by atoms with van der Waals surface area (Å²) in [4.78, 5) is 37.8. The number of hydrogen-bond donors (Lipinski definition) is 1. The number of carbonyl (C=O) groups excluding carboxylic acids is 3. The number of para-hydroxylation sites is 1. The van der Waals surface area contributed by atoms with E-state index >= 15 is 0 Å². The summed E-state index contributed by atoms with van der Waals surface area (Å²) in [6.45, 7) is 0.0472. The highest BCUT2D eigenvalue weighted by atomic mass is 32.1. The number of ether oxygens (including phenoxy) is 2. The number of ketones is 1. The van der Waals surface area contributed by atoms with Crippen LogP contribution in [0.15, 0.2) is 48.5 Å². The number of thiophene rings is 1. The lowest BCUT2D eigenvalue weighted by Gasteiger charge is -2.16. The Morgan fingerprint density at radius 1 is 1.10 bits per heavy atom. The molecule has 6 nitrogen and oxygen atoms in total. The number of Topliss-reactive ketones (excluding diaryl/α,β-unsaturated/α-hetero) is 1. The summed E-state index contributed by atoms with van der Waals surface area (Å²) in [5.41, 5.74) is 3.80. The molecule has 0 spiro atoms. The largest absolute Gasteiger partial charge is 0.488 e. The minimum Gasteiger partial charge on any atom is -0.488 e. The lowest BCUT2D eigenvalue weighted by atomic mass is 10.1. The molecule has 0 unspecified atom stereocenters. The van der Waals surface area contributed by atoms with Crippen molar-refractivity contribution in [3.05, 3.63) is 70.1 Å². The number of esters is 1. The molecule has 29 heavy (non-hydrogen) atoms. The van der Waals surface area contributed by atoms with Gasteiger partial charge in [-0.3, -0.25) is 9.59 Å². The normalized spacial score (nSPS) is 13.6. The molecule has 1 N–H and O–H groups in total. The molecular formula is C22H15NO5S. The minimum atomic E-state index is -0.534. The molecule has 2 aliphatic rings. The van der Waals surface area contributed by atoms with Crippen LogP contribution < -0.4 is 10.1 Å². The van der Waals surface area contributed by atoms with Gasteiger partial charge < -0.3 is 14.8 Å². The molecule has 1 amide bonds. The van der Waals surface area contributed by atoms with E-state index in [1.165, 1.54) is 11.3 Å². The number of nitrogens with one attached hydrogen (secondary N) is 1. The molecule has 0 aliphatic carbocycles. The fourth-order valence-electron chi connectivity index (χ4n) is 3.49. The van der Waals surface area contributed by atoms with Gasteiger partial charge in [-0.25, -0.2) is 4.79 Å². The topological polar surface area (TPSA) is 81.7 Å². The van der Waals surface area contributed by atoms with E-state index < -0.39 is 5.97 Å². The highest BCUT2D eigenvalue weighted by molar-refractivity contribution is 7.17. The van der Waals surface area contributed by atoms with Gasteiger partial charge in [0.25, 0.3) is 0 Å². The highest BCUT2D eigenvalue weighted by Crippen LogP contribution is 2.42. The van der Waals surface area contributed by atoms with E-state index in [2.05, 4.69) is 5.32 Å². The molecule has 3 heterocycles. The van der Waals surface area contributed by atoms with Gasteiger partial charge in [0.1, 0.15) is 17.2 Å². The number of benzene rings is 2. The number of amides is 1. The van der Waals surface area contributed by atoms with Crippen LogP contribution >= 0.6 is 11.3 Å². The van der Waals surface area contributed by atoms with Crippen LogP contribution in [-0.4, -0.2) is 24.3 Å². The van der Waals surface area contributed by atoms with Gasteiger partial charge >= 0.3 is 5.97 Å². The summed E-state index contributed by atoms with van der Waals surface area (Å²) in [6.07, 6.45) is 0.251. The zero-order chi connectivity index (χ0) is 20.0. The van der Waals surface area contributed by atoms with Crippen molar-refractivity contribution in [3.8, 4) is 16.2 Å². The molecule has 0 atom stereocenters. The Morgan fingerprint density at radius 2 is 1.97 bits per heavy atom. The molecule has 3 aromatic rings. The van der Waals surface area contributed by atoms with Crippen molar-refractivity contribution in [1.82, 2.24) is 0 Å². The summed E-state index contributed by atoms with van der Waals surface area (Å²) < 4.78 is 11.0. The molecular weight excluding hydrogens is 390 g/mol. The molecule has 0 saturated heterocycles. The minimum absolute atomic E-state index is 0.0942. The third-order valence-corrected chi connectivity index (χ3v) is 6.10. The van der Waals surface area contributed by atoms with Gasteiger partial charge in [-0.1, -0.05) is 12.1 Å². The molecule has 2 aliphatic heterocycles. The predicted octanol–water partition coefficient (Wildman–Crippen LogP) is 3.84. The molecule has 144 valence electrons. The van der Waals surface area contributed by atoms with Crippen LogP contribution in [0.25, 0.3) is 10.4 Å². The SMILES string of the molecule is O=C1Cc2cc(C(=O)COC(=O)c3cc4c(s3)-c3ccccc3OC4)ccc2N1. The van der Waals surface area contributed by atoms with E-state index in [4.69, 9.17) is 9.47 Å². The summed E-state index contributed by atoms with van der Waals surface area (Å²) in [5, 5.41) is 2.72. The fraction of sp³-hybridized carbons (Fsp3) is 0.136. The first-order valence-electron chi connectivity index (χ1n) is 9.06. The lowest BCUT2D eigenvalue weighted by molar-refractivity contribution is -0.115. The molecule has 5 rings (SSSR count). The zero-order valence-electron chi connectivity index (χ0n) is 15.2. The monoisotopic (exact) mass is 405 g/mol. The second-order valence-corrected chi connectivity index (χ2v) is 7.90. The average molecular weight is 405 g/mol. The van der Waals surface area contributed by atoms with E-state index in [-0.39, 0.29) is 24.7 Å². The van der Waals surface area contributed by atoms with Crippen LogP contribution in [-0.2, 0) is 22.6 Å². The summed E-state index contributed by atoms with van der Waals surface area (Å²) >= 11 is 1.34. The first kappa shape index (κ1) is 17.6. The second kappa shape index (κ2) is 6.86. The molecule has 0 radical (unpaired) electrons. The van der Waals surface area contributed by atoms with Crippen molar-refractivity contribution in [2.24, 2.45) is 0 Å². The van der Waals surface area contributed by atoms with Gasteiger partial charge in [-0.2, -0.15) is 0 Å². The van der Waals surface area contributed by atoms with Gasteiger partial charge in [0.05, 0.1) is 6.42 Å². The van der Waals surface area contributed by atoms with E-state index in [0.717, 1.165) is 33.0 Å². The Labute approximate surface area is 170 Å². The third-order valence-electron chi connectivity index (χ3n) is 4.91. The number of rotatable bonds is 4. The molecule has 0 bridgehead atoms. The first-order valence-corrected chi connectivity index (χ1v) is 9.88. The number of anilines is 1. The van der Waals surface area contributed by atoms with Crippen molar-refractivity contribution in [1.29, 1.82) is 0 Å². The maximum absolute atomic E-state index is 12.5. The molecule has 7 heteroatoms. The Hall–Kier alpha value is -3.45. The van der Waals surface area contributed by atoms with Crippen molar-refractivity contribution in [2.45, 2.75) is 13.0 Å². The first-order chi connectivity index (χ1) is 14.1. The van der Waals surface area contributed by atoms with Crippen LogP contribution in [0.4, 0.5) is 5.69 Å². The standard InChI is InChI=1S/C22H15NO5S/c24-17(12-5-6-16-13(7-12)9-20(25)23-16)11-28-22(26)19-8-14-10-27-18-4-2-1-3-15(18)21(14)29-19/h1-8H,9-11H2,(H,23,25). The Kier molecular flexibility index (Phi) is 4.17. The number of carbonyl (C=O) groups is 3. The van der Waals surface area contributed by atoms with Crippen molar-refractivity contribution >= 4 is 34.7 Å². The van der Waals surface area contributed by atoms with E-state index in [1.807, 2.05) is 24.3 Å². The van der Waals surface area contributed by atoms with Crippen molar-refractivity contribution in [3.63, 3.8) is 0 Å². The molecule has 2 aromatic carbocycles. The van der Waals surface area contributed by atoms with E-state index in [0.29, 0.717) is 17.0 Å². The summed E-state index contributed by atoms with van der Waals surface area (Å²) in [5.74, 6) is -0.145. The van der Waals surface area contributed by atoms with Crippen LogP contribution in [0.1, 0.15) is 31.2 Å². The number of hydrogen-bond acceptors (Lipinski definition) is 6. The van der Waals surface area contributed by atoms with Crippen LogP contribution in [0.2, 0.25) is 0 Å². The van der Waals surface area contributed by atoms with Gasteiger partial charge in [0.2, 0.25) is 5.91 Å². The molecule has 0 saturated carbocycles. The molecule has 0 fully saturated rings. The van der Waals surface area contributed by atoms with Crippen LogP contribution in [0, 0.1) is 0 Å². The van der Waals surface area contributed by atoms with Gasteiger partial charge in [-0.15, -0.1) is 11.3 Å².